The fourth-order valence-electron chi connectivity index (χ4n) is 6.08. The molecule has 5 unspecified atom stereocenters. The van der Waals surface area contributed by atoms with Gasteiger partial charge < -0.3 is 15.4 Å². The molecule has 5 atom stereocenters. The van der Waals surface area contributed by atoms with Crippen LogP contribution in [0, 0.1) is 23.7 Å². The molecule has 0 bridgehead atoms. The highest BCUT2D eigenvalue weighted by atomic mass is 16.5. The fourth-order valence-corrected chi connectivity index (χ4v) is 6.08. The number of rotatable bonds is 6. The highest BCUT2D eigenvalue weighted by molar-refractivity contribution is 5.90. The first-order chi connectivity index (χ1) is 13.0. The molecule has 0 saturated heterocycles. The Morgan fingerprint density at radius 3 is 2.74 bits per heavy atom. The molecule has 0 spiro atoms. The maximum absolute atomic E-state index is 11.7. The summed E-state index contributed by atoms with van der Waals surface area (Å²) in [7, 11) is 4.11. The van der Waals surface area contributed by atoms with Gasteiger partial charge in [0.2, 0.25) is 0 Å². The predicted octanol–water partition coefficient (Wildman–Crippen LogP) is 3.19. The molecular weight excluding hydrogens is 338 g/mol. The van der Waals surface area contributed by atoms with Crippen LogP contribution < -0.4 is 5.73 Å². The summed E-state index contributed by atoms with van der Waals surface area (Å²) < 4.78 is 6.31. The number of primary amides is 1. The SMILES string of the molecule is COC1(c2ccnc(C(N)=O)c2)C(C)CCCC1CN(C)C1CC2CC2C1. The number of nitrogens with two attached hydrogens (primary N) is 1. The Morgan fingerprint density at radius 2 is 2.07 bits per heavy atom. The summed E-state index contributed by atoms with van der Waals surface area (Å²) in [4.78, 5) is 18.4. The van der Waals surface area contributed by atoms with Gasteiger partial charge in [0, 0.05) is 31.8 Å². The van der Waals surface area contributed by atoms with E-state index in [4.69, 9.17) is 10.5 Å². The van der Waals surface area contributed by atoms with Crippen molar-refractivity contribution in [2.24, 2.45) is 29.4 Å². The van der Waals surface area contributed by atoms with Crippen LogP contribution in [0.4, 0.5) is 0 Å². The number of amides is 1. The maximum Gasteiger partial charge on any atom is 0.267 e. The summed E-state index contributed by atoms with van der Waals surface area (Å²) in [5.74, 6) is 2.29. The Morgan fingerprint density at radius 1 is 1.33 bits per heavy atom. The quantitative estimate of drug-likeness (QED) is 0.834. The van der Waals surface area contributed by atoms with Crippen LogP contribution in [0.1, 0.15) is 61.5 Å². The van der Waals surface area contributed by atoms with Gasteiger partial charge in [0.25, 0.3) is 5.91 Å². The normalized spacial score (nSPS) is 38.0. The second-order valence-corrected chi connectivity index (χ2v) is 9.14. The molecule has 3 aliphatic carbocycles. The van der Waals surface area contributed by atoms with E-state index in [1.807, 2.05) is 19.2 Å². The minimum absolute atomic E-state index is 0.324. The Hall–Kier alpha value is -1.46. The zero-order chi connectivity index (χ0) is 19.2. The van der Waals surface area contributed by atoms with Crippen LogP contribution in [0.5, 0.6) is 0 Å². The number of aromatic nitrogens is 1. The fraction of sp³-hybridized carbons (Fsp3) is 0.727. The molecular formula is C22H33N3O2. The van der Waals surface area contributed by atoms with Gasteiger partial charge in [-0.2, -0.15) is 0 Å². The standard InChI is InChI=1S/C22H33N3O2/c1-14-5-4-6-18(13-25(2)19-10-15-9-16(15)11-19)22(14,27-3)17-7-8-24-20(12-17)21(23)26/h7-8,12,14-16,18-19H,4-6,9-11,13H2,1-3H3,(H2,23,26). The van der Waals surface area contributed by atoms with E-state index in [-0.39, 0.29) is 5.60 Å². The number of hydrogen-bond acceptors (Lipinski definition) is 4. The number of nitrogens with zero attached hydrogens (tertiary/aromatic N) is 2. The number of carbonyl (C=O) groups is 1. The van der Waals surface area contributed by atoms with E-state index in [0.717, 1.165) is 42.8 Å². The first kappa shape index (κ1) is 18.9. The van der Waals surface area contributed by atoms with Crippen LogP contribution in [0.3, 0.4) is 0 Å². The Labute approximate surface area is 162 Å². The first-order valence-corrected chi connectivity index (χ1v) is 10.5. The molecule has 148 valence electrons. The van der Waals surface area contributed by atoms with Crippen molar-refractivity contribution in [2.45, 2.75) is 57.1 Å². The van der Waals surface area contributed by atoms with Crippen molar-refractivity contribution in [3.63, 3.8) is 0 Å². The number of fused-ring (bicyclic) bond motifs is 1. The number of ether oxygens (including phenoxy) is 1. The lowest BCUT2D eigenvalue weighted by Crippen LogP contribution is -2.51. The highest BCUT2D eigenvalue weighted by Gasteiger charge is 2.50. The Bertz CT molecular complexity index is 699. The van der Waals surface area contributed by atoms with Gasteiger partial charge in [-0.05, 0) is 74.6 Å². The Balaban J connectivity index is 1.61. The molecule has 3 fully saturated rings. The Kier molecular flexibility index (Phi) is 5.02. The summed E-state index contributed by atoms with van der Waals surface area (Å²) in [5.41, 5.74) is 6.48. The molecule has 2 N–H and O–H groups in total. The molecule has 4 rings (SSSR count). The first-order valence-electron chi connectivity index (χ1n) is 10.5. The number of pyridine rings is 1. The molecule has 0 aliphatic heterocycles. The van der Waals surface area contributed by atoms with Crippen LogP contribution >= 0.6 is 0 Å². The van der Waals surface area contributed by atoms with Crippen LogP contribution in [-0.4, -0.2) is 42.5 Å². The zero-order valence-electron chi connectivity index (χ0n) is 16.9. The molecule has 0 aromatic carbocycles. The van der Waals surface area contributed by atoms with Gasteiger partial charge >= 0.3 is 0 Å². The maximum atomic E-state index is 11.7. The topological polar surface area (TPSA) is 68.5 Å². The lowest BCUT2D eigenvalue weighted by molar-refractivity contribution is -0.133. The van der Waals surface area contributed by atoms with Gasteiger partial charge in [0.1, 0.15) is 5.69 Å². The summed E-state index contributed by atoms with van der Waals surface area (Å²) >= 11 is 0. The lowest BCUT2D eigenvalue weighted by Gasteiger charge is -2.49. The van der Waals surface area contributed by atoms with E-state index < -0.39 is 5.91 Å². The van der Waals surface area contributed by atoms with Crippen LogP contribution in [-0.2, 0) is 10.3 Å². The van der Waals surface area contributed by atoms with Crippen molar-refractivity contribution >= 4 is 5.91 Å². The summed E-state index contributed by atoms with van der Waals surface area (Å²) in [5, 5.41) is 0. The average molecular weight is 372 g/mol. The third kappa shape index (κ3) is 3.29. The van der Waals surface area contributed by atoms with E-state index >= 15 is 0 Å². The third-order valence-corrected chi connectivity index (χ3v) is 7.68. The molecule has 5 nitrogen and oxygen atoms in total. The number of methoxy groups -OCH3 is 1. The number of carbonyl (C=O) groups excluding carboxylic acids is 1. The molecule has 1 aromatic rings. The van der Waals surface area contributed by atoms with Crippen LogP contribution in [0.15, 0.2) is 18.3 Å². The molecule has 3 aliphatic rings. The van der Waals surface area contributed by atoms with Gasteiger partial charge in [-0.3, -0.25) is 9.78 Å². The summed E-state index contributed by atoms with van der Waals surface area (Å²) in [6.07, 6.45) is 9.40. The van der Waals surface area contributed by atoms with E-state index in [1.165, 1.54) is 25.7 Å². The van der Waals surface area contributed by atoms with Crippen molar-refractivity contribution < 1.29 is 9.53 Å². The van der Waals surface area contributed by atoms with Gasteiger partial charge in [0.15, 0.2) is 0 Å². The smallest absolute Gasteiger partial charge is 0.267 e. The van der Waals surface area contributed by atoms with Crippen molar-refractivity contribution in [1.82, 2.24) is 9.88 Å². The van der Waals surface area contributed by atoms with Crippen molar-refractivity contribution in [2.75, 3.05) is 20.7 Å². The van der Waals surface area contributed by atoms with Gasteiger partial charge in [0.05, 0.1) is 5.60 Å². The second kappa shape index (κ2) is 7.17. The second-order valence-electron chi connectivity index (χ2n) is 9.14. The largest absolute Gasteiger partial charge is 0.373 e. The van der Waals surface area contributed by atoms with Gasteiger partial charge in [-0.15, -0.1) is 0 Å². The molecule has 3 saturated carbocycles. The van der Waals surface area contributed by atoms with E-state index in [0.29, 0.717) is 17.5 Å². The van der Waals surface area contributed by atoms with E-state index in [2.05, 4.69) is 23.9 Å². The summed E-state index contributed by atoms with van der Waals surface area (Å²) in [6.45, 7) is 3.32. The molecule has 5 heteroatoms. The molecule has 0 radical (unpaired) electrons. The van der Waals surface area contributed by atoms with Crippen LogP contribution in [0.2, 0.25) is 0 Å². The van der Waals surface area contributed by atoms with Crippen molar-refractivity contribution in [3.05, 3.63) is 29.6 Å². The average Bonchev–Trinajstić information content (AvgIpc) is 3.27. The van der Waals surface area contributed by atoms with Crippen molar-refractivity contribution in [3.8, 4) is 0 Å². The molecule has 1 heterocycles. The zero-order valence-corrected chi connectivity index (χ0v) is 16.9. The molecule has 27 heavy (non-hydrogen) atoms. The van der Waals surface area contributed by atoms with E-state index in [1.54, 1.807) is 6.20 Å². The molecule has 1 amide bonds. The highest BCUT2D eigenvalue weighted by Crippen LogP contribution is 2.54. The number of hydrogen-bond donors (Lipinski definition) is 1. The van der Waals surface area contributed by atoms with Crippen LogP contribution in [0.25, 0.3) is 0 Å². The van der Waals surface area contributed by atoms with Crippen molar-refractivity contribution in [1.29, 1.82) is 0 Å². The summed E-state index contributed by atoms with van der Waals surface area (Å²) in [6, 6.07) is 4.58. The minimum Gasteiger partial charge on any atom is -0.373 e. The third-order valence-electron chi connectivity index (χ3n) is 7.68. The lowest BCUT2D eigenvalue weighted by atomic mass is 9.65. The predicted molar refractivity (Wildman–Crippen MR) is 105 cm³/mol. The molecule has 1 aromatic heterocycles. The van der Waals surface area contributed by atoms with E-state index in [9.17, 15) is 4.79 Å². The van der Waals surface area contributed by atoms with Gasteiger partial charge in [-0.1, -0.05) is 13.3 Å². The van der Waals surface area contributed by atoms with Gasteiger partial charge in [-0.25, -0.2) is 0 Å². The monoisotopic (exact) mass is 371 g/mol. The minimum atomic E-state index is -0.481.